The van der Waals surface area contributed by atoms with Crippen molar-refractivity contribution < 1.29 is 22.7 Å². The Bertz CT molecular complexity index is 2950. The van der Waals surface area contributed by atoms with Gasteiger partial charge in [-0.2, -0.15) is 5.26 Å². The number of nitrogens with one attached hydrogen (secondary N) is 3. The highest BCUT2D eigenvalue weighted by Crippen LogP contribution is 2.40. The van der Waals surface area contributed by atoms with Gasteiger partial charge in [-0.05, 0) is 80.3 Å². The van der Waals surface area contributed by atoms with E-state index in [9.17, 15) is 23.3 Å². The number of aryl methyl sites for hydroxylation is 3. The number of hydrogen-bond donors (Lipinski definition) is 3. The van der Waals surface area contributed by atoms with E-state index in [1.54, 1.807) is 47.9 Å². The van der Waals surface area contributed by atoms with E-state index in [2.05, 4.69) is 45.1 Å². The van der Waals surface area contributed by atoms with Gasteiger partial charge in [0.05, 0.1) is 45.8 Å². The van der Waals surface area contributed by atoms with Crippen molar-refractivity contribution in [2.45, 2.75) is 51.6 Å². The second kappa shape index (κ2) is 15.2. The number of methoxy groups -OCH3 is 1. The topological polar surface area (TPSA) is 184 Å². The van der Waals surface area contributed by atoms with Gasteiger partial charge in [0.2, 0.25) is 0 Å². The van der Waals surface area contributed by atoms with Crippen LogP contribution in [0.25, 0.3) is 26.3 Å². The van der Waals surface area contributed by atoms with E-state index in [1.807, 2.05) is 48.7 Å². The lowest BCUT2D eigenvalue weighted by molar-refractivity contribution is -0.141. The number of fused-ring (bicyclic) bond motifs is 4. The number of benzene rings is 3. The molecule has 7 aromatic rings. The van der Waals surface area contributed by atoms with Gasteiger partial charge in [0, 0.05) is 39.0 Å². The molecule has 4 aromatic heterocycles. The number of nitriles is 1. The Labute approximate surface area is 342 Å². The van der Waals surface area contributed by atoms with E-state index in [1.165, 1.54) is 30.6 Å². The second-order valence-electron chi connectivity index (χ2n) is 13.8. The zero-order valence-corrected chi connectivity index (χ0v) is 34.4. The van der Waals surface area contributed by atoms with Gasteiger partial charge in [0.15, 0.2) is 5.82 Å². The van der Waals surface area contributed by atoms with Crippen LogP contribution in [0.3, 0.4) is 0 Å². The molecular weight excluding hydrogens is 793 g/mol. The van der Waals surface area contributed by atoms with Crippen LogP contribution < -0.4 is 10.0 Å². The maximum absolute atomic E-state index is 13.3. The normalized spacial score (nSPS) is 13.6. The number of aromatic amines is 1. The van der Waals surface area contributed by atoms with E-state index in [4.69, 9.17) is 9.73 Å². The summed E-state index contributed by atoms with van der Waals surface area (Å²) in [6, 6.07) is 23.0. The number of H-pyrrole nitrogens is 1. The van der Waals surface area contributed by atoms with Crippen molar-refractivity contribution in [3.63, 3.8) is 0 Å². The number of amides is 1. The third kappa shape index (κ3) is 6.97. The predicted octanol–water partition coefficient (Wildman–Crippen LogP) is 7.83. The number of sulfonamides is 1. The van der Waals surface area contributed by atoms with Gasteiger partial charge < -0.3 is 15.0 Å². The fraction of sp³-hybridized carbons (Fsp3) is 0.190. The molecular formula is C42H36N8O5S3. The molecule has 0 saturated heterocycles. The summed E-state index contributed by atoms with van der Waals surface area (Å²) in [7, 11) is -2.58. The molecule has 292 valence electrons. The minimum atomic E-state index is -3.94. The van der Waals surface area contributed by atoms with Crippen LogP contribution in [0.15, 0.2) is 88.9 Å². The highest BCUT2D eigenvalue weighted by atomic mass is 32.2. The number of anilines is 1. The standard InChI is InChI=1S/C42H36N8O5S3/c1-22-6-15-31(39-36(22)29(19-43)21-44-39)49-58(53,54)30-13-7-26(8-14-30)20-45-41(52)34-17-16-33(57-34)27-9-11-28(12-10-27)38-37-23(2)24(3)56-42(37)50-25(4)47-48-40(50)32(46-38)18-35(51)55-5/h6-17,21,32,44,49H,18,20H2,1-5H3,(H,45,52)/t32-/m0/s1. The van der Waals surface area contributed by atoms with Crippen LogP contribution in [-0.2, 0) is 26.1 Å². The minimum absolute atomic E-state index is 0.0202. The average Bonchev–Trinajstić information content (AvgIpc) is 4.02. The molecule has 0 unspecified atom stereocenters. The van der Waals surface area contributed by atoms with Crippen LogP contribution in [0, 0.1) is 39.0 Å². The summed E-state index contributed by atoms with van der Waals surface area (Å²) in [5.41, 5.74) is 7.54. The van der Waals surface area contributed by atoms with Crippen LogP contribution in [-0.4, -0.2) is 52.9 Å². The molecule has 58 heavy (non-hydrogen) atoms. The van der Waals surface area contributed by atoms with E-state index < -0.39 is 22.0 Å². The maximum atomic E-state index is 13.3. The Morgan fingerprint density at radius 2 is 1.69 bits per heavy atom. The zero-order valence-electron chi connectivity index (χ0n) is 32.0. The van der Waals surface area contributed by atoms with Crippen molar-refractivity contribution in [3.8, 4) is 21.5 Å². The van der Waals surface area contributed by atoms with Crippen LogP contribution in [0.2, 0.25) is 0 Å². The molecule has 3 N–H and O–H groups in total. The monoisotopic (exact) mass is 828 g/mol. The van der Waals surface area contributed by atoms with Crippen molar-refractivity contribution in [1.29, 1.82) is 5.26 Å². The Kier molecular flexibility index (Phi) is 10.1. The SMILES string of the molecule is COC(=O)C[C@@H]1N=C(c2ccc(-c3ccc(C(=O)NCc4ccc(S(=O)(=O)Nc5ccc(C)c6c(C#N)c[nH]c56)cc4)s3)cc2)c2c(sc(C)c2C)-n2c(C)nnc21. The van der Waals surface area contributed by atoms with Crippen molar-refractivity contribution in [1.82, 2.24) is 25.1 Å². The van der Waals surface area contributed by atoms with E-state index in [0.29, 0.717) is 38.7 Å². The summed E-state index contributed by atoms with van der Waals surface area (Å²) >= 11 is 3.01. The Balaban J connectivity index is 0.958. The summed E-state index contributed by atoms with van der Waals surface area (Å²) in [4.78, 5) is 36.5. The summed E-state index contributed by atoms with van der Waals surface area (Å²) in [6.45, 7) is 8.11. The highest BCUT2D eigenvalue weighted by molar-refractivity contribution is 7.92. The van der Waals surface area contributed by atoms with E-state index in [-0.39, 0.29) is 23.8 Å². The molecule has 3 aromatic carbocycles. The van der Waals surface area contributed by atoms with Crippen molar-refractivity contribution in [3.05, 3.63) is 134 Å². The van der Waals surface area contributed by atoms with Crippen LogP contribution >= 0.6 is 22.7 Å². The van der Waals surface area contributed by atoms with Gasteiger partial charge in [-0.1, -0.05) is 42.5 Å². The van der Waals surface area contributed by atoms with E-state index in [0.717, 1.165) is 53.8 Å². The number of nitrogens with zero attached hydrogens (tertiary/aromatic N) is 5. The van der Waals surface area contributed by atoms with Gasteiger partial charge in [0.25, 0.3) is 15.9 Å². The molecule has 0 radical (unpaired) electrons. The quantitative estimate of drug-likeness (QED) is 0.117. The molecule has 0 aliphatic carbocycles. The maximum Gasteiger partial charge on any atom is 0.308 e. The number of carbonyl (C=O) groups excluding carboxylic acids is 2. The lowest BCUT2D eigenvalue weighted by Gasteiger charge is -2.12. The fourth-order valence-electron chi connectivity index (χ4n) is 7.03. The smallest absolute Gasteiger partial charge is 0.308 e. The molecule has 8 rings (SSSR count). The minimum Gasteiger partial charge on any atom is -0.469 e. The zero-order chi connectivity index (χ0) is 40.9. The molecule has 0 saturated carbocycles. The van der Waals surface area contributed by atoms with Gasteiger partial charge in [-0.3, -0.25) is 23.9 Å². The van der Waals surface area contributed by atoms with Crippen LogP contribution in [0.5, 0.6) is 0 Å². The second-order valence-corrected chi connectivity index (χ2v) is 17.8. The molecule has 1 amide bonds. The highest BCUT2D eigenvalue weighted by Gasteiger charge is 2.32. The molecule has 1 aliphatic heterocycles. The summed E-state index contributed by atoms with van der Waals surface area (Å²) in [6.07, 6.45) is 1.58. The largest absolute Gasteiger partial charge is 0.469 e. The van der Waals surface area contributed by atoms with E-state index >= 15 is 0 Å². The molecule has 13 nitrogen and oxygen atoms in total. The molecule has 16 heteroatoms. The summed E-state index contributed by atoms with van der Waals surface area (Å²) in [5, 5.41) is 22.8. The number of rotatable bonds is 10. The first kappa shape index (κ1) is 38.5. The summed E-state index contributed by atoms with van der Waals surface area (Å²) in [5.74, 6) is 0.662. The average molecular weight is 829 g/mol. The van der Waals surface area contributed by atoms with Gasteiger partial charge in [0.1, 0.15) is 22.9 Å². The van der Waals surface area contributed by atoms with Crippen molar-refractivity contribution in [2.75, 3.05) is 11.8 Å². The lowest BCUT2D eigenvalue weighted by atomic mass is 9.98. The first-order valence-electron chi connectivity index (χ1n) is 18.2. The lowest BCUT2D eigenvalue weighted by Crippen LogP contribution is -2.21. The third-order valence-corrected chi connectivity index (χ3v) is 13.9. The first-order chi connectivity index (χ1) is 27.9. The number of ether oxygens (including phenoxy) is 1. The number of aromatic nitrogens is 4. The number of thiophene rings is 2. The number of carbonyl (C=O) groups is 2. The van der Waals surface area contributed by atoms with Gasteiger partial charge >= 0.3 is 5.97 Å². The third-order valence-electron chi connectivity index (χ3n) is 10.2. The Hall–Kier alpha value is -6.41. The van der Waals surface area contributed by atoms with Gasteiger partial charge in [-0.25, -0.2) is 8.42 Å². The van der Waals surface area contributed by atoms with Crippen molar-refractivity contribution in [2.24, 2.45) is 4.99 Å². The van der Waals surface area contributed by atoms with Crippen LogP contribution in [0.4, 0.5) is 5.69 Å². The van der Waals surface area contributed by atoms with Crippen molar-refractivity contribution >= 4 is 66.9 Å². The predicted molar refractivity (Wildman–Crippen MR) is 224 cm³/mol. The Morgan fingerprint density at radius 1 is 0.948 bits per heavy atom. The Morgan fingerprint density at radius 3 is 2.41 bits per heavy atom. The first-order valence-corrected chi connectivity index (χ1v) is 21.3. The molecule has 0 bridgehead atoms. The fourth-order valence-corrected chi connectivity index (χ4v) is 10.2. The molecule has 0 spiro atoms. The number of esters is 1. The number of hydrogen-bond acceptors (Lipinski definition) is 11. The molecule has 1 aliphatic rings. The number of aliphatic imine (C=N–C) groups is 1. The summed E-state index contributed by atoms with van der Waals surface area (Å²) < 4.78 is 36.2. The van der Waals surface area contributed by atoms with Crippen LogP contribution in [0.1, 0.15) is 72.0 Å². The molecule has 0 fully saturated rings. The molecule has 5 heterocycles. The molecule has 1 atom stereocenters. The van der Waals surface area contributed by atoms with Gasteiger partial charge in [-0.15, -0.1) is 32.9 Å².